The van der Waals surface area contributed by atoms with Crippen molar-refractivity contribution in [1.29, 1.82) is 0 Å². The molecule has 0 radical (unpaired) electrons. The molecule has 102 valence electrons. The third-order valence-electron chi connectivity index (χ3n) is 3.38. The first-order chi connectivity index (χ1) is 9.29. The highest BCUT2D eigenvalue weighted by Crippen LogP contribution is 2.22. The van der Waals surface area contributed by atoms with E-state index in [0.717, 1.165) is 13.0 Å². The highest BCUT2D eigenvalue weighted by molar-refractivity contribution is 9.10. The average Bonchev–Trinajstić information content (AvgIpc) is 2.92. The van der Waals surface area contributed by atoms with E-state index >= 15 is 0 Å². The number of aryl methyl sites for hydroxylation is 1. The van der Waals surface area contributed by atoms with Crippen LogP contribution in [0.1, 0.15) is 17.5 Å². The van der Waals surface area contributed by atoms with Gasteiger partial charge in [0.2, 0.25) is 0 Å². The van der Waals surface area contributed by atoms with Gasteiger partial charge in [0.25, 0.3) is 0 Å². The number of hydrogen-bond donors (Lipinski definition) is 1. The Morgan fingerprint density at radius 1 is 1.26 bits per heavy atom. The van der Waals surface area contributed by atoms with Crippen molar-refractivity contribution in [2.24, 2.45) is 5.92 Å². The molecule has 0 saturated heterocycles. The van der Waals surface area contributed by atoms with Gasteiger partial charge in [0.05, 0.1) is 0 Å². The summed E-state index contributed by atoms with van der Waals surface area (Å²) in [6.07, 6.45) is 3.55. The topological polar surface area (TPSA) is 12.0 Å². The number of rotatable bonds is 7. The van der Waals surface area contributed by atoms with Crippen molar-refractivity contribution in [3.05, 3.63) is 56.7 Å². The Hall–Kier alpha value is -0.640. The molecule has 1 nitrogen and oxygen atoms in total. The maximum Gasteiger partial charge on any atom is 0.0207 e. The van der Waals surface area contributed by atoms with Crippen LogP contribution in [-0.2, 0) is 12.8 Å². The standard InChI is InChI=1S/C16H20BrNS/c1-18-11-14(7-6-13-8-9-19-12-13)10-15-4-2-3-5-16(15)17/h2-5,8-9,12,14,18H,6-7,10-11H2,1H3. The van der Waals surface area contributed by atoms with E-state index in [-0.39, 0.29) is 0 Å². The molecule has 1 N–H and O–H groups in total. The first-order valence-corrected chi connectivity index (χ1v) is 8.42. The highest BCUT2D eigenvalue weighted by atomic mass is 79.9. The van der Waals surface area contributed by atoms with Crippen molar-refractivity contribution in [2.45, 2.75) is 19.3 Å². The lowest BCUT2D eigenvalue weighted by molar-refractivity contribution is 0.461. The van der Waals surface area contributed by atoms with Crippen molar-refractivity contribution in [1.82, 2.24) is 5.32 Å². The summed E-state index contributed by atoms with van der Waals surface area (Å²) in [4.78, 5) is 0. The summed E-state index contributed by atoms with van der Waals surface area (Å²) in [5, 5.41) is 7.75. The number of nitrogens with one attached hydrogen (secondary N) is 1. The monoisotopic (exact) mass is 337 g/mol. The molecule has 0 spiro atoms. The lowest BCUT2D eigenvalue weighted by atomic mass is 9.93. The van der Waals surface area contributed by atoms with Gasteiger partial charge in [0, 0.05) is 4.47 Å². The van der Waals surface area contributed by atoms with Gasteiger partial charge in [0.1, 0.15) is 0 Å². The predicted octanol–water partition coefficient (Wildman–Crippen LogP) is 4.52. The zero-order chi connectivity index (χ0) is 13.5. The van der Waals surface area contributed by atoms with Crippen molar-refractivity contribution in [2.75, 3.05) is 13.6 Å². The van der Waals surface area contributed by atoms with Crippen molar-refractivity contribution in [3.8, 4) is 0 Å². The number of hydrogen-bond acceptors (Lipinski definition) is 2. The van der Waals surface area contributed by atoms with Crippen molar-refractivity contribution < 1.29 is 0 Å². The molecule has 0 saturated carbocycles. The zero-order valence-corrected chi connectivity index (χ0v) is 13.6. The van der Waals surface area contributed by atoms with E-state index in [0.29, 0.717) is 5.92 Å². The van der Waals surface area contributed by atoms with Crippen LogP contribution in [0.25, 0.3) is 0 Å². The summed E-state index contributed by atoms with van der Waals surface area (Å²) in [5.41, 5.74) is 2.88. The van der Waals surface area contributed by atoms with E-state index < -0.39 is 0 Å². The van der Waals surface area contributed by atoms with Gasteiger partial charge in [-0.3, -0.25) is 0 Å². The minimum Gasteiger partial charge on any atom is -0.319 e. The van der Waals surface area contributed by atoms with E-state index in [1.807, 2.05) is 7.05 Å². The molecule has 19 heavy (non-hydrogen) atoms. The molecule has 1 aromatic carbocycles. The van der Waals surface area contributed by atoms with Crippen LogP contribution in [0.2, 0.25) is 0 Å². The second kappa shape index (κ2) is 7.83. The molecule has 1 atom stereocenters. The third-order valence-corrected chi connectivity index (χ3v) is 4.89. The zero-order valence-electron chi connectivity index (χ0n) is 11.2. The number of thiophene rings is 1. The highest BCUT2D eigenvalue weighted by Gasteiger charge is 2.11. The molecule has 1 unspecified atom stereocenters. The Morgan fingerprint density at radius 3 is 2.79 bits per heavy atom. The fraction of sp³-hybridized carbons (Fsp3) is 0.375. The Balaban J connectivity index is 1.94. The molecule has 1 aromatic heterocycles. The molecule has 0 fully saturated rings. The lowest BCUT2D eigenvalue weighted by Crippen LogP contribution is -2.21. The molecular formula is C16H20BrNS. The van der Waals surface area contributed by atoms with Gasteiger partial charge in [0.15, 0.2) is 0 Å². The van der Waals surface area contributed by atoms with Crippen LogP contribution in [0.15, 0.2) is 45.6 Å². The molecule has 0 amide bonds. The molecule has 0 bridgehead atoms. The van der Waals surface area contributed by atoms with Gasteiger partial charge in [-0.1, -0.05) is 34.1 Å². The van der Waals surface area contributed by atoms with Gasteiger partial charge in [-0.05, 0) is 72.8 Å². The number of halogens is 1. The van der Waals surface area contributed by atoms with Gasteiger partial charge in [-0.15, -0.1) is 0 Å². The van der Waals surface area contributed by atoms with Crippen LogP contribution in [0.4, 0.5) is 0 Å². The molecule has 0 aliphatic rings. The Labute approximate surface area is 128 Å². The summed E-state index contributed by atoms with van der Waals surface area (Å²) in [6.45, 7) is 1.07. The first kappa shape index (κ1) is 14.8. The van der Waals surface area contributed by atoms with Crippen LogP contribution in [0.5, 0.6) is 0 Å². The van der Waals surface area contributed by atoms with Crippen LogP contribution in [0.3, 0.4) is 0 Å². The number of benzene rings is 1. The Bertz CT molecular complexity index is 481. The van der Waals surface area contributed by atoms with Gasteiger partial charge < -0.3 is 5.32 Å². The molecular weight excluding hydrogens is 318 g/mol. The van der Waals surface area contributed by atoms with Gasteiger partial charge in [-0.2, -0.15) is 11.3 Å². The van der Waals surface area contributed by atoms with Crippen LogP contribution in [0, 0.1) is 5.92 Å². The summed E-state index contributed by atoms with van der Waals surface area (Å²) in [6, 6.07) is 10.8. The summed E-state index contributed by atoms with van der Waals surface area (Å²) < 4.78 is 1.23. The third kappa shape index (κ3) is 4.75. The quantitative estimate of drug-likeness (QED) is 0.783. The van der Waals surface area contributed by atoms with Crippen LogP contribution in [-0.4, -0.2) is 13.6 Å². The SMILES string of the molecule is CNCC(CCc1ccsc1)Cc1ccccc1Br. The molecule has 2 aromatic rings. The normalized spacial score (nSPS) is 12.5. The first-order valence-electron chi connectivity index (χ1n) is 6.68. The Kier molecular flexibility index (Phi) is 6.08. The van der Waals surface area contributed by atoms with Gasteiger partial charge >= 0.3 is 0 Å². The van der Waals surface area contributed by atoms with E-state index in [2.05, 4.69) is 62.3 Å². The molecule has 0 aliphatic carbocycles. The minimum atomic E-state index is 0.684. The second-order valence-corrected chi connectivity index (χ2v) is 6.52. The molecule has 3 heteroatoms. The van der Waals surface area contributed by atoms with E-state index in [9.17, 15) is 0 Å². The largest absolute Gasteiger partial charge is 0.319 e. The smallest absolute Gasteiger partial charge is 0.0207 e. The van der Waals surface area contributed by atoms with E-state index in [1.165, 1.54) is 28.4 Å². The fourth-order valence-corrected chi connectivity index (χ4v) is 3.50. The molecule has 0 aliphatic heterocycles. The van der Waals surface area contributed by atoms with Crippen molar-refractivity contribution in [3.63, 3.8) is 0 Å². The summed E-state index contributed by atoms with van der Waals surface area (Å²) >= 11 is 5.43. The molecule has 1 heterocycles. The predicted molar refractivity (Wildman–Crippen MR) is 87.9 cm³/mol. The summed E-state index contributed by atoms with van der Waals surface area (Å²) in [5.74, 6) is 0.684. The van der Waals surface area contributed by atoms with E-state index in [1.54, 1.807) is 11.3 Å². The van der Waals surface area contributed by atoms with Crippen LogP contribution >= 0.6 is 27.3 Å². The van der Waals surface area contributed by atoms with Crippen molar-refractivity contribution >= 4 is 27.3 Å². The maximum atomic E-state index is 3.65. The minimum absolute atomic E-state index is 0.684. The van der Waals surface area contributed by atoms with Crippen LogP contribution < -0.4 is 5.32 Å². The summed E-state index contributed by atoms with van der Waals surface area (Å²) in [7, 11) is 2.04. The maximum absolute atomic E-state index is 3.65. The second-order valence-electron chi connectivity index (χ2n) is 4.89. The average molecular weight is 338 g/mol. The Morgan fingerprint density at radius 2 is 2.11 bits per heavy atom. The lowest BCUT2D eigenvalue weighted by Gasteiger charge is -2.17. The van der Waals surface area contributed by atoms with Gasteiger partial charge in [-0.25, -0.2) is 0 Å². The molecule has 2 rings (SSSR count). The fourth-order valence-electron chi connectivity index (χ4n) is 2.35. The van der Waals surface area contributed by atoms with E-state index in [4.69, 9.17) is 0 Å².